The summed E-state index contributed by atoms with van der Waals surface area (Å²) in [6.07, 6.45) is 1.89. The molecule has 1 aromatic heterocycles. The Hall–Kier alpha value is -2.77. The summed E-state index contributed by atoms with van der Waals surface area (Å²) in [5.74, 6) is -4.15. The van der Waals surface area contributed by atoms with Gasteiger partial charge in [-0.25, -0.2) is 13.8 Å². The molecule has 6 nitrogen and oxygen atoms in total. The summed E-state index contributed by atoms with van der Waals surface area (Å²) < 4.78 is 28.0. The summed E-state index contributed by atoms with van der Waals surface area (Å²) in [5, 5.41) is 2.20. The highest BCUT2D eigenvalue weighted by atomic mass is 19.3. The minimum Gasteiger partial charge on any atom is -0.345 e. The van der Waals surface area contributed by atoms with Gasteiger partial charge in [0, 0.05) is 19.5 Å². The van der Waals surface area contributed by atoms with Crippen molar-refractivity contribution in [1.82, 2.24) is 20.2 Å². The van der Waals surface area contributed by atoms with E-state index in [0.717, 1.165) is 6.08 Å². The van der Waals surface area contributed by atoms with Crippen molar-refractivity contribution in [1.29, 1.82) is 0 Å². The maximum atomic E-state index is 14.0. The average molecular weight is 334 g/mol. The van der Waals surface area contributed by atoms with Gasteiger partial charge in [0.15, 0.2) is 0 Å². The number of carbonyl (C=O) groups is 2. The van der Waals surface area contributed by atoms with Crippen molar-refractivity contribution in [3.05, 3.63) is 42.7 Å². The third-order valence-corrected chi connectivity index (χ3v) is 4.10. The van der Waals surface area contributed by atoms with Gasteiger partial charge in [-0.3, -0.25) is 9.59 Å². The molecule has 0 saturated carbocycles. The molecule has 2 N–H and O–H groups in total. The van der Waals surface area contributed by atoms with Gasteiger partial charge in [0.25, 0.3) is 11.8 Å². The van der Waals surface area contributed by atoms with Crippen molar-refractivity contribution in [2.75, 3.05) is 13.1 Å². The normalized spacial score (nSPS) is 19.9. The van der Waals surface area contributed by atoms with E-state index in [-0.39, 0.29) is 19.0 Å². The second-order valence-electron chi connectivity index (χ2n) is 5.63. The lowest BCUT2D eigenvalue weighted by Crippen LogP contribution is -2.59. The van der Waals surface area contributed by atoms with E-state index >= 15 is 0 Å². The quantitative estimate of drug-likeness (QED) is 0.839. The number of rotatable bonds is 3. The number of nitrogens with zero attached hydrogens (tertiary/aromatic N) is 2. The van der Waals surface area contributed by atoms with Crippen LogP contribution >= 0.6 is 0 Å². The fourth-order valence-electron chi connectivity index (χ4n) is 2.78. The van der Waals surface area contributed by atoms with Crippen LogP contribution in [0.2, 0.25) is 0 Å². The van der Waals surface area contributed by atoms with E-state index in [1.807, 2.05) is 0 Å². The predicted octanol–water partition coefficient (Wildman–Crippen LogP) is 1.71. The number of aromatic nitrogens is 2. The third kappa shape index (κ3) is 2.86. The van der Waals surface area contributed by atoms with Crippen LogP contribution in [0, 0.1) is 0 Å². The van der Waals surface area contributed by atoms with Gasteiger partial charge in [0.1, 0.15) is 11.6 Å². The zero-order chi connectivity index (χ0) is 17.3. The first-order valence-corrected chi connectivity index (χ1v) is 7.44. The number of carbonyl (C=O) groups excluding carboxylic acids is 2. The lowest BCUT2D eigenvalue weighted by molar-refractivity contribution is -0.124. The Morgan fingerprint density at radius 2 is 2.25 bits per heavy atom. The zero-order valence-corrected chi connectivity index (χ0v) is 12.8. The first-order chi connectivity index (χ1) is 11.4. The maximum Gasteiger partial charge on any atom is 0.271 e. The number of imidazole rings is 1. The number of halogens is 2. The molecule has 2 heterocycles. The SMILES string of the molecule is C=CC(=O)NC1CN(C(=O)c2cccc3[nH]cnc23)CCC1(F)F. The van der Waals surface area contributed by atoms with Crippen LogP contribution in [-0.2, 0) is 4.79 Å². The number of alkyl halides is 2. The van der Waals surface area contributed by atoms with E-state index in [1.54, 1.807) is 18.2 Å². The topological polar surface area (TPSA) is 78.1 Å². The molecule has 1 atom stereocenters. The molecule has 1 aromatic carbocycles. The number of piperidine rings is 1. The molecule has 0 aliphatic carbocycles. The van der Waals surface area contributed by atoms with Crippen LogP contribution in [-0.4, -0.2) is 51.7 Å². The van der Waals surface area contributed by atoms with Crippen LogP contribution < -0.4 is 5.32 Å². The van der Waals surface area contributed by atoms with Crippen LogP contribution in [0.25, 0.3) is 11.0 Å². The Balaban J connectivity index is 1.84. The Morgan fingerprint density at radius 3 is 3.00 bits per heavy atom. The lowest BCUT2D eigenvalue weighted by Gasteiger charge is -2.38. The Morgan fingerprint density at radius 1 is 1.46 bits per heavy atom. The summed E-state index contributed by atoms with van der Waals surface area (Å²) >= 11 is 0. The van der Waals surface area contributed by atoms with Gasteiger partial charge < -0.3 is 15.2 Å². The van der Waals surface area contributed by atoms with E-state index in [1.165, 1.54) is 11.2 Å². The molecule has 1 aliphatic rings. The van der Waals surface area contributed by atoms with Crippen molar-refractivity contribution < 1.29 is 18.4 Å². The Bertz CT molecular complexity index is 802. The van der Waals surface area contributed by atoms with Gasteiger partial charge in [-0.1, -0.05) is 12.6 Å². The fraction of sp³-hybridized carbons (Fsp3) is 0.312. The second kappa shape index (κ2) is 6.03. The molecule has 2 aromatic rings. The highest BCUT2D eigenvalue weighted by molar-refractivity contribution is 6.04. The predicted molar refractivity (Wildman–Crippen MR) is 83.7 cm³/mol. The van der Waals surface area contributed by atoms with E-state index in [2.05, 4.69) is 21.9 Å². The van der Waals surface area contributed by atoms with E-state index in [0.29, 0.717) is 16.6 Å². The molecule has 2 amide bonds. The Labute approximate surface area is 136 Å². The molecule has 8 heteroatoms. The molecule has 24 heavy (non-hydrogen) atoms. The number of H-pyrrole nitrogens is 1. The number of nitrogens with one attached hydrogen (secondary N) is 2. The van der Waals surface area contributed by atoms with Crippen molar-refractivity contribution in [3.8, 4) is 0 Å². The van der Waals surface area contributed by atoms with Crippen LogP contribution in [0.5, 0.6) is 0 Å². The van der Waals surface area contributed by atoms with Gasteiger partial charge in [0.05, 0.1) is 17.4 Å². The molecule has 126 valence electrons. The molecular formula is C16H16F2N4O2. The van der Waals surface area contributed by atoms with Crippen molar-refractivity contribution in [2.45, 2.75) is 18.4 Å². The summed E-state index contributed by atoms with van der Waals surface area (Å²) in [6.45, 7) is 2.89. The number of fused-ring (bicyclic) bond motifs is 1. The summed E-state index contributed by atoms with van der Waals surface area (Å²) in [7, 11) is 0. The zero-order valence-electron chi connectivity index (χ0n) is 12.8. The summed E-state index contributed by atoms with van der Waals surface area (Å²) in [6, 6.07) is 3.63. The van der Waals surface area contributed by atoms with E-state index < -0.39 is 24.3 Å². The minimum atomic E-state index is -3.08. The number of likely N-dealkylation sites (tertiary alicyclic amines) is 1. The molecule has 1 aliphatic heterocycles. The first-order valence-electron chi connectivity index (χ1n) is 7.44. The van der Waals surface area contributed by atoms with Crippen LogP contribution in [0.3, 0.4) is 0 Å². The van der Waals surface area contributed by atoms with E-state index in [4.69, 9.17) is 0 Å². The third-order valence-electron chi connectivity index (χ3n) is 4.10. The number of benzene rings is 1. The van der Waals surface area contributed by atoms with Gasteiger partial charge in [0.2, 0.25) is 5.91 Å². The molecule has 3 rings (SSSR count). The van der Waals surface area contributed by atoms with Gasteiger partial charge >= 0.3 is 0 Å². The number of hydrogen-bond donors (Lipinski definition) is 2. The monoisotopic (exact) mass is 334 g/mol. The molecule has 1 fully saturated rings. The van der Waals surface area contributed by atoms with Gasteiger partial charge in [-0.2, -0.15) is 0 Å². The van der Waals surface area contributed by atoms with Gasteiger partial charge in [-0.15, -0.1) is 0 Å². The number of amides is 2. The lowest BCUT2D eigenvalue weighted by atomic mass is 9.99. The maximum absolute atomic E-state index is 14.0. The Kier molecular flexibility index (Phi) is 4.04. The first kappa shape index (κ1) is 16.1. The number of hydrogen-bond acceptors (Lipinski definition) is 3. The van der Waals surface area contributed by atoms with Crippen molar-refractivity contribution in [3.63, 3.8) is 0 Å². The molecular weight excluding hydrogens is 318 g/mol. The second-order valence-corrected chi connectivity index (χ2v) is 5.63. The molecule has 0 spiro atoms. The van der Waals surface area contributed by atoms with Gasteiger partial charge in [-0.05, 0) is 18.2 Å². The van der Waals surface area contributed by atoms with Crippen LogP contribution in [0.4, 0.5) is 8.78 Å². The average Bonchev–Trinajstić information content (AvgIpc) is 3.04. The molecule has 1 saturated heterocycles. The largest absolute Gasteiger partial charge is 0.345 e. The highest BCUT2D eigenvalue weighted by Crippen LogP contribution is 2.29. The van der Waals surface area contributed by atoms with Crippen molar-refractivity contribution >= 4 is 22.8 Å². The van der Waals surface area contributed by atoms with Crippen LogP contribution in [0.1, 0.15) is 16.8 Å². The number of para-hydroxylation sites is 1. The molecule has 0 radical (unpaired) electrons. The standard InChI is InChI=1S/C16H16F2N4O2/c1-2-13(23)21-12-8-22(7-6-16(12,17)18)15(24)10-4-3-5-11-14(10)20-9-19-11/h2-5,9,12H,1,6-8H2,(H,19,20)(H,21,23). The minimum absolute atomic E-state index is 0.0902. The van der Waals surface area contributed by atoms with E-state index in [9.17, 15) is 18.4 Å². The molecule has 0 bridgehead atoms. The number of aromatic amines is 1. The van der Waals surface area contributed by atoms with Crippen molar-refractivity contribution in [2.24, 2.45) is 0 Å². The summed E-state index contributed by atoms with van der Waals surface area (Å²) in [4.78, 5) is 32.4. The highest BCUT2D eigenvalue weighted by Gasteiger charge is 2.46. The van der Waals surface area contributed by atoms with Crippen LogP contribution in [0.15, 0.2) is 37.2 Å². The molecule has 1 unspecified atom stereocenters. The fourth-order valence-corrected chi connectivity index (χ4v) is 2.78. The smallest absolute Gasteiger partial charge is 0.271 e. The summed E-state index contributed by atoms with van der Waals surface area (Å²) in [5.41, 5.74) is 1.53.